The molecule has 3 atom stereocenters. The molecule has 1 aromatic carbocycles. The number of carbonyl (C=O) groups is 4. The van der Waals surface area contributed by atoms with Crippen LogP contribution in [-0.4, -0.2) is 74.1 Å². The molecule has 0 bridgehead atoms. The van der Waals surface area contributed by atoms with Gasteiger partial charge in [-0.3, -0.25) is 24.0 Å². The molecule has 0 saturated carbocycles. The first-order valence-corrected chi connectivity index (χ1v) is 11.9. The van der Waals surface area contributed by atoms with Crippen LogP contribution in [0.5, 0.6) is 0 Å². The molecule has 206 valence electrons. The summed E-state index contributed by atoms with van der Waals surface area (Å²) in [5.41, 5.74) is 6.05. The Morgan fingerprint density at radius 1 is 1.28 bits per heavy atom. The van der Waals surface area contributed by atoms with Gasteiger partial charge >= 0.3 is 18.0 Å². The SMILES string of the molecule is CC(=O)C(C[C@H]1CN(c2ccc(-n3cc(Cn4cccn4)nn3)c(F)c2)C(=O)O1)C(=O)OC(C)OC(=O)CN. The molecule has 4 rings (SSSR count). The number of hydrogen-bond donors (Lipinski definition) is 1. The number of anilines is 1. The number of halogens is 1. The van der Waals surface area contributed by atoms with Gasteiger partial charge in [0.25, 0.3) is 0 Å². The van der Waals surface area contributed by atoms with Gasteiger partial charge in [-0.1, -0.05) is 5.21 Å². The van der Waals surface area contributed by atoms with Crippen LogP contribution in [0.3, 0.4) is 0 Å². The van der Waals surface area contributed by atoms with E-state index in [0.717, 1.165) is 6.07 Å². The number of ether oxygens (including phenoxy) is 3. The van der Waals surface area contributed by atoms with E-state index in [-0.39, 0.29) is 24.3 Å². The summed E-state index contributed by atoms with van der Waals surface area (Å²) in [5.74, 6) is -4.19. The Balaban J connectivity index is 1.40. The van der Waals surface area contributed by atoms with E-state index in [0.29, 0.717) is 12.2 Å². The number of aromatic nitrogens is 5. The van der Waals surface area contributed by atoms with Crippen molar-refractivity contribution in [3.05, 3.63) is 54.4 Å². The maximum Gasteiger partial charge on any atom is 0.414 e. The van der Waals surface area contributed by atoms with E-state index in [1.807, 2.05) is 0 Å². The van der Waals surface area contributed by atoms with Crippen LogP contribution in [0.4, 0.5) is 14.9 Å². The molecule has 14 nitrogen and oxygen atoms in total. The number of nitrogens with two attached hydrogens (primary N) is 1. The minimum Gasteiger partial charge on any atom is -0.444 e. The van der Waals surface area contributed by atoms with Crippen molar-refractivity contribution in [2.24, 2.45) is 11.7 Å². The van der Waals surface area contributed by atoms with Gasteiger partial charge < -0.3 is 19.9 Å². The Morgan fingerprint density at radius 3 is 2.74 bits per heavy atom. The lowest BCUT2D eigenvalue weighted by Crippen LogP contribution is -2.34. The fraction of sp³-hybridized carbons (Fsp3) is 0.375. The minimum absolute atomic E-state index is 0.0380. The van der Waals surface area contributed by atoms with Crippen LogP contribution in [0.2, 0.25) is 0 Å². The molecule has 0 aliphatic carbocycles. The van der Waals surface area contributed by atoms with Crippen molar-refractivity contribution >= 4 is 29.5 Å². The van der Waals surface area contributed by atoms with Crippen LogP contribution in [0.1, 0.15) is 26.0 Å². The van der Waals surface area contributed by atoms with Gasteiger partial charge in [0.15, 0.2) is 5.82 Å². The van der Waals surface area contributed by atoms with Gasteiger partial charge in [0.1, 0.15) is 29.2 Å². The molecule has 3 aromatic rings. The number of ketones is 1. The van der Waals surface area contributed by atoms with Crippen LogP contribution in [0, 0.1) is 11.7 Å². The highest BCUT2D eigenvalue weighted by Crippen LogP contribution is 2.28. The zero-order valence-electron chi connectivity index (χ0n) is 21.1. The second kappa shape index (κ2) is 11.8. The van der Waals surface area contributed by atoms with E-state index in [1.165, 1.54) is 35.6 Å². The van der Waals surface area contributed by atoms with Gasteiger partial charge in [-0.2, -0.15) is 5.10 Å². The molecule has 1 aliphatic rings. The third-order valence-corrected chi connectivity index (χ3v) is 5.81. The fourth-order valence-electron chi connectivity index (χ4n) is 3.95. The zero-order valence-corrected chi connectivity index (χ0v) is 21.1. The molecule has 1 saturated heterocycles. The van der Waals surface area contributed by atoms with Gasteiger partial charge in [0.05, 0.1) is 31.5 Å². The molecule has 3 heterocycles. The van der Waals surface area contributed by atoms with Crippen LogP contribution in [0.15, 0.2) is 42.9 Å². The molecule has 1 aliphatic heterocycles. The summed E-state index contributed by atoms with van der Waals surface area (Å²) in [6.45, 7) is 2.41. The quantitative estimate of drug-likeness (QED) is 0.207. The molecule has 0 radical (unpaired) electrons. The van der Waals surface area contributed by atoms with E-state index in [1.54, 1.807) is 29.3 Å². The van der Waals surface area contributed by atoms with Crippen LogP contribution < -0.4 is 10.6 Å². The third kappa shape index (κ3) is 6.62. The third-order valence-electron chi connectivity index (χ3n) is 5.81. The summed E-state index contributed by atoms with van der Waals surface area (Å²) >= 11 is 0. The van der Waals surface area contributed by atoms with E-state index in [2.05, 4.69) is 15.4 Å². The number of esters is 2. The highest BCUT2D eigenvalue weighted by molar-refractivity contribution is 5.98. The van der Waals surface area contributed by atoms with Crippen LogP contribution in [-0.2, 0) is 35.1 Å². The number of rotatable bonds is 11. The Morgan fingerprint density at radius 2 is 2.08 bits per heavy atom. The summed E-state index contributed by atoms with van der Waals surface area (Å²) in [4.78, 5) is 49.6. The minimum atomic E-state index is -1.27. The molecule has 15 heteroatoms. The van der Waals surface area contributed by atoms with E-state index < -0.39 is 54.5 Å². The monoisotopic (exact) mass is 543 g/mol. The molecule has 1 fully saturated rings. The average molecular weight is 544 g/mol. The smallest absolute Gasteiger partial charge is 0.414 e. The zero-order chi connectivity index (χ0) is 28.1. The topological polar surface area (TPSA) is 174 Å². The van der Waals surface area contributed by atoms with Gasteiger partial charge in [0, 0.05) is 25.7 Å². The van der Waals surface area contributed by atoms with Crippen molar-refractivity contribution < 1.29 is 37.8 Å². The second-order valence-electron chi connectivity index (χ2n) is 8.71. The molecule has 2 unspecified atom stereocenters. The molecular formula is C24H26FN7O7. The maximum atomic E-state index is 15.0. The van der Waals surface area contributed by atoms with Gasteiger partial charge in [-0.25, -0.2) is 13.9 Å². The van der Waals surface area contributed by atoms with Gasteiger partial charge in [-0.05, 0) is 31.2 Å². The first-order valence-electron chi connectivity index (χ1n) is 11.9. The van der Waals surface area contributed by atoms with Crippen LogP contribution in [0.25, 0.3) is 5.69 Å². The predicted molar refractivity (Wildman–Crippen MR) is 130 cm³/mol. The lowest BCUT2D eigenvalue weighted by atomic mass is 9.97. The summed E-state index contributed by atoms with van der Waals surface area (Å²) in [5, 5.41) is 12.1. The molecular weight excluding hydrogens is 517 g/mol. The summed E-state index contributed by atoms with van der Waals surface area (Å²) < 4.78 is 33.1. The number of hydrogen-bond acceptors (Lipinski definition) is 11. The first-order chi connectivity index (χ1) is 18.6. The standard InChI is InChI=1S/C24H26FN7O7/c1-14(33)19(23(35)38-15(2)37-22(34)10-26)9-18-13-31(24(36)39-18)17-4-5-21(20(25)8-17)32-12-16(28-29-32)11-30-7-3-6-27-30/h3-8,12,15,18-19H,9-11,13,26H2,1-2H3/t15?,18-,19?/m0/s1. The predicted octanol–water partition coefficient (Wildman–Crippen LogP) is 0.963. The van der Waals surface area contributed by atoms with Crippen molar-refractivity contribution in [3.63, 3.8) is 0 Å². The van der Waals surface area contributed by atoms with Crippen molar-refractivity contribution in [1.82, 2.24) is 24.8 Å². The average Bonchev–Trinajstić information content (AvgIpc) is 3.64. The summed E-state index contributed by atoms with van der Waals surface area (Å²) in [6.07, 6.45) is 1.90. The summed E-state index contributed by atoms with van der Waals surface area (Å²) in [6, 6.07) is 5.88. The number of amides is 1. The number of benzene rings is 1. The van der Waals surface area contributed by atoms with Gasteiger partial charge in [0.2, 0.25) is 6.29 Å². The van der Waals surface area contributed by atoms with Crippen molar-refractivity contribution in [1.29, 1.82) is 0 Å². The molecule has 39 heavy (non-hydrogen) atoms. The fourth-order valence-corrected chi connectivity index (χ4v) is 3.95. The van der Waals surface area contributed by atoms with Crippen molar-refractivity contribution in [2.45, 2.75) is 39.2 Å². The largest absolute Gasteiger partial charge is 0.444 e. The maximum absolute atomic E-state index is 15.0. The number of Topliss-reactive ketones (excluding diaryl/α,β-unsaturated/α-hetero) is 1. The second-order valence-corrected chi connectivity index (χ2v) is 8.71. The Hall–Kier alpha value is -4.66. The first kappa shape index (κ1) is 27.4. The molecule has 0 spiro atoms. The number of cyclic esters (lactones) is 1. The van der Waals surface area contributed by atoms with E-state index >= 15 is 4.39 Å². The highest BCUT2D eigenvalue weighted by atomic mass is 19.1. The Kier molecular flexibility index (Phi) is 8.29. The van der Waals surface area contributed by atoms with E-state index in [9.17, 15) is 19.2 Å². The normalized spacial score (nSPS) is 16.5. The van der Waals surface area contributed by atoms with Crippen LogP contribution >= 0.6 is 0 Å². The lowest BCUT2D eigenvalue weighted by molar-refractivity contribution is -0.187. The highest BCUT2D eigenvalue weighted by Gasteiger charge is 2.38. The molecule has 2 N–H and O–H groups in total. The Labute approximate surface area is 221 Å². The molecule has 1 amide bonds. The number of nitrogens with zero attached hydrogens (tertiary/aromatic N) is 6. The Bertz CT molecular complexity index is 1360. The lowest BCUT2D eigenvalue weighted by Gasteiger charge is -2.19. The van der Waals surface area contributed by atoms with Crippen molar-refractivity contribution in [3.8, 4) is 5.69 Å². The van der Waals surface area contributed by atoms with E-state index in [4.69, 9.17) is 19.9 Å². The summed E-state index contributed by atoms with van der Waals surface area (Å²) in [7, 11) is 0. The van der Waals surface area contributed by atoms with Crippen molar-refractivity contribution in [2.75, 3.05) is 18.0 Å². The molecule has 2 aromatic heterocycles. The number of carbonyl (C=O) groups excluding carboxylic acids is 4. The van der Waals surface area contributed by atoms with Gasteiger partial charge in [-0.15, -0.1) is 5.10 Å².